The van der Waals surface area contributed by atoms with Gasteiger partial charge in [-0.05, 0) is 43.8 Å². The van der Waals surface area contributed by atoms with E-state index in [9.17, 15) is 13.2 Å². The summed E-state index contributed by atoms with van der Waals surface area (Å²) in [5, 5.41) is 4.60. The molecule has 5 nitrogen and oxygen atoms in total. The van der Waals surface area contributed by atoms with Gasteiger partial charge >= 0.3 is 0 Å². The first kappa shape index (κ1) is 17.5. The molecule has 0 fully saturated rings. The van der Waals surface area contributed by atoms with E-state index in [4.69, 9.17) is 0 Å². The van der Waals surface area contributed by atoms with Crippen molar-refractivity contribution < 1.29 is 13.2 Å². The second-order valence-electron chi connectivity index (χ2n) is 5.77. The molecular weight excluding hydrogens is 332 g/mol. The molecular formula is C16H20N2O3S2. The van der Waals surface area contributed by atoms with Crippen LogP contribution in [0.5, 0.6) is 0 Å². The van der Waals surface area contributed by atoms with Gasteiger partial charge in [0, 0.05) is 5.54 Å². The Bertz CT molecular complexity index is 781. The highest BCUT2D eigenvalue weighted by Gasteiger charge is 2.24. The Kier molecular flexibility index (Phi) is 5.11. The maximum Gasteiger partial charge on any atom is 0.263 e. The van der Waals surface area contributed by atoms with Crippen molar-refractivity contribution in [2.75, 3.05) is 4.72 Å². The summed E-state index contributed by atoms with van der Waals surface area (Å²) in [6.45, 7) is 5.83. The Morgan fingerprint density at radius 1 is 1.17 bits per heavy atom. The fourth-order valence-corrected chi connectivity index (χ4v) is 3.72. The van der Waals surface area contributed by atoms with Crippen molar-refractivity contribution in [3.05, 3.63) is 46.7 Å². The summed E-state index contributed by atoms with van der Waals surface area (Å²) in [4.78, 5) is 12.9. The van der Waals surface area contributed by atoms with Crippen molar-refractivity contribution in [3.8, 4) is 0 Å². The smallest absolute Gasteiger partial charge is 0.263 e. The van der Waals surface area contributed by atoms with Gasteiger partial charge in [0.05, 0.1) is 10.6 Å². The van der Waals surface area contributed by atoms with Gasteiger partial charge in [-0.15, -0.1) is 11.3 Å². The topological polar surface area (TPSA) is 75.3 Å². The molecule has 0 aliphatic heterocycles. The standard InChI is InChI=1S/C16H20N2O3S2/c1-4-16(2,3)17-15(19)14-13(10-11-22-14)18-23(20,21)12-8-6-5-7-9-12/h5-11,18H,4H2,1-3H3,(H,17,19). The lowest BCUT2D eigenvalue weighted by molar-refractivity contribution is 0.0916. The van der Waals surface area contributed by atoms with Gasteiger partial charge in [0.2, 0.25) is 0 Å². The van der Waals surface area contributed by atoms with Gasteiger partial charge in [0.25, 0.3) is 15.9 Å². The normalized spacial score (nSPS) is 12.0. The van der Waals surface area contributed by atoms with E-state index in [-0.39, 0.29) is 16.3 Å². The molecule has 0 spiro atoms. The first-order valence-electron chi connectivity index (χ1n) is 7.23. The number of amides is 1. The summed E-state index contributed by atoms with van der Waals surface area (Å²) in [7, 11) is -3.71. The average molecular weight is 352 g/mol. The molecule has 2 rings (SSSR count). The number of nitrogens with one attached hydrogen (secondary N) is 2. The van der Waals surface area contributed by atoms with Crippen molar-refractivity contribution in [2.24, 2.45) is 0 Å². The minimum atomic E-state index is -3.71. The number of benzene rings is 1. The fourth-order valence-electron chi connectivity index (χ4n) is 1.82. The molecule has 0 aliphatic carbocycles. The molecule has 1 aromatic carbocycles. The third kappa shape index (κ3) is 4.33. The highest BCUT2D eigenvalue weighted by molar-refractivity contribution is 7.92. The van der Waals surface area contributed by atoms with E-state index >= 15 is 0 Å². The maximum atomic E-state index is 12.4. The molecule has 1 aromatic heterocycles. The number of hydrogen-bond acceptors (Lipinski definition) is 4. The van der Waals surface area contributed by atoms with Crippen LogP contribution >= 0.6 is 11.3 Å². The number of thiophene rings is 1. The Labute approximate surface area is 140 Å². The number of hydrogen-bond donors (Lipinski definition) is 2. The SMILES string of the molecule is CCC(C)(C)NC(=O)c1sccc1NS(=O)(=O)c1ccccc1. The fraction of sp³-hybridized carbons (Fsp3) is 0.312. The molecule has 124 valence electrons. The number of rotatable bonds is 6. The molecule has 0 bridgehead atoms. The van der Waals surface area contributed by atoms with Crippen LogP contribution in [-0.2, 0) is 10.0 Å². The van der Waals surface area contributed by atoms with Gasteiger partial charge in [0.1, 0.15) is 4.88 Å². The molecule has 0 aliphatic rings. The van der Waals surface area contributed by atoms with Gasteiger partial charge in [-0.25, -0.2) is 8.42 Å². The molecule has 0 unspecified atom stereocenters. The Balaban J connectivity index is 2.24. The van der Waals surface area contributed by atoms with Crippen LogP contribution in [0, 0.1) is 0 Å². The summed E-state index contributed by atoms with van der Waals surface area (Å²) in [5.74, 6) is -0.280. The predicted octanol–water partition coefficient (Wildman–Crippen LogP) is 3.47. The van der Waals surface area contributed by atoms with E-state index in [2.05, 4.69) is 10.0 Å². The molecule has 1 heterocycles. The lowest BCUT2D eigenvalue weighted by Gasteiger charge is -2.24. The zero-order chi connectivity index (χ0) is 17.1. The van der Waals surface area contributed by atoms with Crippen molar-refractivity contribution in [1.29, 1.82) is 0 Å². The quantitative estimate of drug-likeness (QED) is 0.836. The summed E-state index contributed by atoms with van der Waals surface area (Å²) in [6.07, 6.45) is 0.773. The number of carbonyl (C=O) groups is 1. The zero-order valence-corrected chi connectivity index (χ0v) is 14.9. The highest BCUT2D eigenvalue weighted by Crippen LogP contribution is 2.26. The summed E-state index contributed by atoms with van der Waals surface area (Å²) >= 11 is 1.21. The molecule has 2 N–H and O–H groups in total. The van der Waals surface area contributed by atoms with Gasteiger partial charge in [-0.2, -0.15) is 0 Å². The van der Waals surface area contributed by atoms with Crippen LogP contribution < -0.4 is 10.0 Å². The first-order chi connectivity index (χ1) is 10.7. The molecule has 0 atom stereocenters. The van der Waals surface area contributed by atoms with Gasteiger partial charge < -0.3 is 5.32 Å². The minimum absolute atomic E-state index is 0.159. The largest absolute Gasteiger partial charge is 0.346 e. The van der Waals surface area contributed by atoms with E-state index in [1.807, 2.05) is 20.8 Å². The van der Waals surface area contributed by atoms with Gasteiger partial charge in [-0.1, -0.05) is 25.1 Å². The summed E-state index contributed by atoms with van der Waals surface area (Å²) in [5.41, 5.74) is -0.0559. The molecule has 23 heavy (non-hydrogen) atoms. The van der Waals surface area contributed by atoms with Crippen LogP contribution in [0.4, 0.5) is 5.69 Å². The highest BCUT2D eigenvalue weighted by atomic mass is 32.2. The van der Waals surface area contributed by atoms with Crippen LogP contribution in [0.2, 0.25) is 0 Å². The summed E-state index contributed by atoms with van der Waals surface area (Å²) in [6, 6.07) is 9.66. The monoisotopic (exact) mass is 352 g/mol. The second kappa shape index (κ2) is 6.72. The number of anilines is 1. The van der Waals surface area contributed by atoms with E-state index in [0.29, 0.717) is 10.6 Å². The Morgan fingerprint density at radius 3 is 2.43 bits per heavy atom. The maximum absolute atomic E-state index is 12.4. The van der Waals surface area contributed by atoms with Crippen LogP contribution in [0.15, 0.2) is 46.7 Å². The Morgan fingerprint density at radius 2 is 1.83 bits per heavy atom. The molecule has 0 saturated carbocycles. The molecule has 2 aromatic rings. The minimum Gasteiger partial charge on any atom is -0.346 e. The van der Waals surface area contributed by atoms with Gasteiger partial charge in [0.15, 0.2) is 0 Å². The predicted molar refractivity (Wildman–Crippen MR) is 93.4 cm³/mol. The number of sulfonamides is 1. The Hall–Kier alpha value is -1.86. The lowest BCUT2D eigenvalue weighted by Crippen LogP contribution is -2.42. The van der Waals surface area contributed by atoms with E-state index in [0.717, 1.165) is 6.42 Å². The van der Waals surface area contributed by atoms with Crippen molar-refractivity contribution in [1.82, 2.24) is 5.32 Å². The summed E-state index contributed by atoms with van der Waals surface area (Å²) < 4.78 is 27.2. The van der Waals surface area contributed by atoms with E-state index < -0.39 is 10.0 Å². The second-order valence-corrected chi connectivity index (χ2v) is 8.37. The molecule has 1 amide bonds. The van der Waals surface area contributed by atoms with E-state index in [1.54, 1.807) is 29.6 Å². The number of carbonyl (C=O) groups excluding carboxylic acids is 1. The third-order valence-corrected chi connectivity index (χ3v) is 5.80. The van der Waals surface area contributed by atoms with Crippen LogP contribution in [0.25, 0.3) is 0 Å². The average Bonchev–Trinajstić information content (AvgIpc) is 2.95. The van der Waals surface area contributed by atoms with Crippen molar-refractivity contribution in [2.45, 2.75) is 37.6 Å². The third-order valence-electron chi connectivity index (χ3n) is 3.51. The first-order valence-corrected chi connectivity index (χ1v) is 9.59. The zero-order valence-electron chi connectivity index (χ0n) is 13.3. The van der Waals surface area contributed by atoms with Crippen LogP contribution in [0.3, 0.4) is 0 Å². The van der Waals surface area contributed by atoms with Crippen molar-refractivity contribution >= 4 is 33.0 Å². The van der Waals surface area contributed by atoms with Crippen LogP contribution in [0.1, 0.15) is 36.9 Å². The van der Waals surface area contributed by atoms with Crippen LogP contribution in [-0.4, -0.2) is 19.9 Å². The molecule has 0 radical (unpaired) electrons. The van der Waals surface area contributed by atoms with Crippen molar-refractivity contribution in [3.63, 3.8) is 0 Å². The van der Waals surface area contributed by atoms with Gasteiger partial charge in [-0.3, -0.25) is 9.52 Å². The molecule has 0 saturated heterocycles. The molecule has 7 heteroatoms. The van der Waals surface area contributed by atoms with E-state index in [1.165, 1.54) is 23.5 Å². The lowest BCUT2D eigenvalue weighted by atomic mass is 10.0.